The van der Waals surface area contributed by atoms with Gasteiger partial charge in [-0.2, -0.15) is 0 Å². The molecule has 1 aliphatic rings. The second-order valence-electron chi connectivity index (χ2n) is 11.9. The van der Waals surface area contributed by atoms with Gasteiger partial charge >= 0.3 is 0 Å². The van der Waals surface area contributed by atoms with Gasteiger partial charge in [-0.25, -0.2) is 8.42 Å². The lowest BCUT2D eigenvalue weighted by Crippen LogP contribution is -2.54. The Labute approximate surface area is 287 Å². The highest BCUT2D eigenvalue weighted by Gasteiger charge is 2.35. The maximum atomic E-state index is 14.6. The smallest absolute Gasteiger partial charge is 0.264 e. The molecule has 1 atom stereocenters. The van der Waals surface area contributed by atoms with Crippen LogP contribution in [0.1, 0.15) is 42.4 Å². The van der Waals surface area contributed by atoms with E-state index in [1.165, 1.54) is 16.7 Å². The third-order valence-electron chi connectivity index (χ3n) is 8.49. The van der Waals surface area contributed by atoms with Gasteiger partial charge in [-0.3, -0.25) is 13.9 Å². The number of anilines is 1. The Kier molecular flexibility index (Phi) is 11.7. The summed E-state index contributed by atoms with van der Waals surface area (Å²) in [7, 11) is -4.16. The van der Waals surface area contributed by atoms with Crippen LogP contribution in [-0.4, -0.2) is 50.0 Å². The Morgan fingerprint density at radius 3 is 2.13 bits per heavy atom. The van der Waals surface area contributed by atoms with E-state index in [-0.39, 0.29) is 29.8 Å². The van der Waals surface area contributed by atoms with Crippen LogP contribution in [0, 0.1) is 6.92 Å². The average molecular weight is 690 g/mol. The minimum Gasteiger partial charge on any atom is -0.352 e. The van der Waals surface area contributed by atoms with Crippen LogP contribution >= 0.6 is 23.4 Å². The van der Waals surface area contributed by atoms with Crippen molar-refractivity contribution in [3.05, 3.63) is 125 Å². The zero-order valence-corrected chi connectivity index (χ0v) is 29.0. The van der Waals surface area contributed by atoms with Crippen molar-refractivity contribution in [2.24, 2.45) is 0 Å². The van der Waals surface area contributed by atoms with Gasteiger partial charge in [0.15, 0.2) is 0 Å². The highest BCUT2D eigenvalue weighted by atomic mass is 35.5. The van der Waals surface area contributed by atoms with Crippen molar-refractivity contribution in [2.75, 3.05) is 17.1 Å². The number of hydrogen-bond acceptors (Lipinski definition) is 5. The molecule has 0 aliphatic heterocycles. The molecule has 1 N–H and O–H groups in total. The van der Waals surface area contributed by atoms with Gasteiger partial charge in [-0.15, -0.1) is 11.8 Å². The number of carbonyl (C=O) groups is 2. The summed E-state index contributed by atoms with van der Waals surface area (Å²) >= 11 is 7.70. The van der Waals surface area contributed by atoms with Gasteiger partial charge in [-0.05, 0) is 85.7 Å². The molecule has 1 fully saturated rings. The molecule has 10 heteroatoms. The highest BCUT2D eigenvalue weighted by molar-refractivity contribution is 7.98. The molecule has 7 nitrogen and oxygen atoms in total. The number of nitrogens with one attached hydrogen (secondary N) is 1. The number of amides is 2. The van der Waals surface area contributed by atoms with Crippen LogP contribution in [0.5, 0.6) is 0 Å². The second kappa shape index (κ2) is 15.9. The standard InChI is InChI=1S/C37H40ClN3O4S2/c1-27-12-18-32(19-13-27)41(47(44,45)34-22-20-33(46-2)21-23-34)26-36(42)40(25-29-14-16-30(38)17-15-29)35(24-28-8-4-3-5-9-28)37(43)39-31-10-6-7-11-31/h3-5,8-9,12-23,31,35H,6-7,10-11,24-26H2,1-2H3,(H,39,43)/t35-/m0/s1. The number of carbonyl (C=O) groups excluding carboxylic acids is 2. The molecule has 0 aromatic heterocycles. The summed E-state index contributed by atoms with van der Waals surface area (Å²) in [4.78, 5) is 31.3. The van der Waals surface area contributed by atoms with E-state index in [1.54, 1.807) is 48.5 Å². The van der Waals surface area contributed by atoms with Crippen molar-refractivity contribution in [1.82, 2.24) is 10.2 Å². The topological polar surface area (TPSA) is 86.8 Å². The molecule has 0 heterocycles. The number of sulfonamides is 1. The van der Waals surface area contributed by atoms with E-state index < -0.39 is 28.5 Å². The Morgan fingerprint density at radius 2 is 1.51 bits per heavy atom. The second-order valence-corrected chi connectivity index (χ2v) is 15.0. The molecule has 1 saturated carbocycles. The number of aryl methyl sites for hydroxylation is 1. The predicted octanol–water partition coefficient (Wildman–Crippen LogP) is 7.26. The normalized spacial score (nSPS) is 14.0. The fourth-order valence-corrected chi connectivity index (χ4v) is 7.77. The molecule has 0 bridgehead atoms. The Bertz CT molecular complexity index is 1740. The molecule has 1 aliphatic carbocycles. The number of nitrogens with zero attached hydrogens (tertiary/aromatic N) is 2. The van der Waals surface area contributed by atoms with Crippen LogP contribution in [-0.2, 0) is 32.6 Å². The quantitative estimate of drug-likeness (QED) is 0.149. The van der Waals surface area contributed by atoms with Crippen LogP contribution in [0.2, 0.25) is 5.02 Å². The van der Waals surface area contributed by atoms with Crippen LogP contribution in [0.4, 0.5) is 5.69 Å². The Morgan fingerprint density at radius 1 is 0.872 bits per heavy atom. The molecular weight excluding hydrogens is 650 g/mol. The van der Waals surface area contributed by atoms with Gasteiger partial charge in [0.05, 0.1) is 10.6 Å². The molecular formula is C37H40ClN3O4S2. The van der Waals surface area contributed by atoms with Crippen LogP contribution < -0.4 is 9.62 Å². The highest BCUT2D eigenvalue weighted by Crippen LogP contribution is 2.27. The van der Waals surface area contributed by atoms with Gasteiger partial charge in [0.2, 0.25) is 11.8 Å². The third kappa shape index (κ3) is 8.97. The van der Waals surface area contributed by atoms with Gasteiger partial charge in [0, 0.05) is 28.9 Å². The molecule has 246 valence electrons. The van der Waals surface area contributed by atoms with Gasteiger partial charge < -0.3 is 10.2 Å². The first-order chi connectivity index (χ1) is 22.6. The van der Waals surface area contributed by atoms with Gasteiger partial charge in [0.25, 0.3) is 10.0 Å². The molecule has 47 heavy (non-hydrogen) atoms. The summed E-state index contributed by atoms with van der Waals surface area (Å²) in [6, 6.07) is 29.5. The van der Waals surface area contributed by atoms with Crippen molar-refractivity contribution < 1.29 is 18.0 Å². The summed E-state index contributed by atoms with van der Waals surface area (Å²) in [6.07, 6.45) is 6.07. The van der Waals surface area contributed by atoms with E-state index in [0.29, 0.717) is 10.7 Å². The number of thioether (sulfide) groups is 1. The summed E-state index contributed by atoms with van der Waals surface area (Å²) in [5, 5.41) is 3.75. The average Bonchev–Trinajstić information content (AvgIpc) is 3.60. The summed E-state index contributed by atoms with van der Waals surface area (Å²) in [5.74, 6) is -0.743. The maximum absolute atomic E-state index is 14.6. The molecule has 0 spiro atoms. The minimum absolute atomic E-state index is 0.0435. The fourth-order valence-electron chi connectivity index (χ4n) is 5.82. The first kappa shape index (κ1) is 34.5. The Hall–Kier alpha value is -3.79. The first-order valence-corrected chi connectivity index (χ1v) is 18.8. The lowest BCUT2D eigenvalue weighted by Gasteiger charge is -2.34. The zero-order valence-electron chi connectivity index (χ0n) is 26.6. The van der Waals surface area contributed by atoms with Crippen LogP contribution in [0.3, 0.4) is 0 Å². The van der Waals surface area contributed by atoms with E-state index in [4.69, 9.17) is 11.6 Å². The Balaban J connectivity index is 1.55. The molecule has 5 rings (SSSR count). The maximum Gasteiger partial charge on any atom is 0.264 e. The van der Waals surface area contributed by atoms with E-state index in [9.17, 15) is 18.0 Å². The summed E-state index contributed by atoms with van der Waals surface area (Å²) < 4.78 is 29.6. The van der Waals surface area contributed by atoms with Crippen LogP contribution in [0.15, 0.2) is 113 Å². The largest absolute Gasteiger partial charge is 0.352 e. The van der Waals surface area contributed by atoms with E-state index in [0.717, 1.165) is 51.6 Å². The third-order valence-corrected chi connectivity index (χ3v) is 11.3. The lowest BCUT2D eigenvalue weighted by molar-refractivity contribution is -0.140. The monoisotopic (exact) mass is 689 g/mol. The zero-order chi connectivity index (χ0) is 33.4. The van der Waals surface area contributed by atoms with Crippen molar-refractivity contribution >= 4 is 50.9 Å². The van der Waals surface area contributed by atoms with Crippen molar-refractivity contribution in [2.45, 2.75) is 67.4 Å². The number of benzene rings is 4. The number of rotatable bonds is 13. The minimum atomic E-state index is -4.16. The molecule has 4 aromatic carbocycles. The predicted molar refractivity (Wildman–Crippen MR) is 190 cm³/mol. The molecule has 2 amide bonds. The van der Waals surface area contributed by atoms with Crippen molar-refractivity contribution in [3.8, 4) is 0 Å². The molecule has 0 unspecified atom stereocenters. The van der Waals surface area contributed by atoms with Crippen molar-refractivity contribution in [3.63, 3.8) is 0 Å². The SMILES string of the molecule is CSc1ccc(S(=O)(=O)N(CC(=O)N(Cc2ccc(Cl)cc2)[C@@H](Cc2ccccc2)C(=O)NC2CCCC2)c2ccc(C)cc2)cc1. The van der Waals surface area contributed by atoms with Crippen LogP contribution in [0.25, 0.3) is 0 Å². The lowest BCUT2D eigenvalue weighted by atomic mass is 10.0. The number of halogens is 1. The van der Waals surface area contributed by atoms with Gasteiger partial charge in [-0.1, -0.05) is 84.6 Å². The van der Waals surface area contributed by atoms with Gasteiger partial charge in [0.1, 0.15) is 12.6 Å². The number of hydrogen-bond donors (Lipinski definition) is 1. The molecule has 0 saturated heterocycles. The first-order valence-electron chi connectivity index (χ1n) is 15.8. The molecule has 4 aromatic rings. The van der Waals surface area contributed by atoms with E-state index in [2.05, 4.69) is 5.32 Å². The van der Waals surface area contributed by atoms with E-state index >= 15 is 0 Å². The fraction of sp³-hybridized carbons (Fsp3) is 0.297. The molecule has 0 radical (unpaired) electrons. The summed E-state index contributed by atoms with van der Waals surface area (Å²) in [5.41, 5.74) is 2.98. The van der Waals surface area contributed by atoms with E-state index in [1.807, 2.05) is 67.8 Å². The van der Waals surface area contributed by atoms with Crippen molar-refractivity contribution in [1.29, 1.82) is 0 Å². The summed E-state index contributed by atoms with van der Waals surface area (Å²) in [6.45, 7) is 1.51.